The maximum Gasteiger partial charge on any atom is 0.269 e. The van der Waals surface area contributed by atoms with E-state index in [1.54, 1.807) is 6.20 Å². The van der Waals surface area contributed by atoms with Gasteiger partial charge >= 0.3 is 0 Å². The number of pyridine rings is 1. The van der Waals surface area contributed by atoms with Crippen LogP contribution in [0.25, 0.3) is 0 Å². The zero-order chi connectivity index (χ0) is 14.4. The molecule has 1 aliphatic rings. The highest BCUT2D eigenvalue weighted by Gasteiger charge is 2.14. The highest BCUT2D eigenvalue weighted by molar-refractivity contribution is 5.93. The first-order valence-corrected chi connectivity index (χ1v) is 7.24. The molecule has 5 nitrogen and oxygen atoms in total. The van der Waals surface area contributed by atoms with E-state index in [1.807, 2.05) is 12.1 Å². The molecule has 5 heteroatoms. The van der Waals surface area contributed by atoms with Crippen molar-refractivity contribution in [2.75, 3.05) is 37.7 Å². The van der Waals surface area contributed by atoms with Crippen molar-refractivity contribution in [1.29, 1.82) is 0 Å². The molecule has 1 aliphatic heterocycles. The predicted molar refractivity (Wildman–Crippen MR) is 79.1 cm³/mol. The Kier molecular flexibility index (Phi) is 5.35. The standard InChI is InChI=1S/C15H23N3O2/c1-12(2)3-5-17-15(19)14-11-13(4-6-16-14)18-7-9-20-10-8-18/h4,6,11-12H,3,5,7-10H2,1-2H3,(H,17,19). The van der Waals surface area contributed by atoms with Crippen LogP contribution in [-0.2, 0) is 4.74 Å². The minimum absolute atomic E-state index is 0.0965. The minimum atomic E-state index is -0.0965. The van der Waals surface area contributed by atoms with Crippen LogP contribution >= 0.6 is 0 Å². The van der Waals surface area contributed by atoms with E-state index in [0.717, 1.165) is 38.4 Å². The second-order valence-corrected chi connectivity index (χ2v) is 5.44. The summed E-state index contributed by atoms with van der Waals surface area (Å²) in [5, 5.41) is 2.92. The maximum atomic E-state index is 12.0. The Morgan fingerprint density at radius 1 is 1.45 bits per heavy atom. The zero-order valence-electron chi connectivity index (χ0n) is 12.3. The molecule has 0 unspecified atom stereocenters. The molecule has 1 saturated heterocycles. The number of morpholine rings is 1. The molecule has 1 amide bonds. The lowest BCUT2D eigenvalue weighted by atomic mass is 10.1. The second-order valence-electron chi connectivity index (χ2n) is 5.44. The van der Waals surface area contributed by atoms with E-state index in [2.05, 4.69) is 29.0 Å². The van der Waals surface area contributed by atoms with E-state index < -0.39 is 0 Å². The number of nitrogens with one attached hydrogen (secondary N) is 1. The van der Waals surface area contributed by atoms with Crippen molar-refractivity contribution < 1.29 is 9.53 Å². The van der Waals surface area contributed by atoms with Crippen LogP contribution in [-0.4, -0.2) is 43.7 Å². The Hall–Kier alpha value is -1.62. The first-order valence-electron chi connectivity index (χ1n) is 7.24. The summed E-state index contributed by atoms with van der Waals surface area (Å²) in [5.74, 6) is 0.490. The van der Waals surface area contributed by atoms with Crippen LogP contribution in [0.4, 0.5) is 5.69 Å². The van der Waals surface area contributed by atoms with Gasteiger partial charge in [0.2, 0.25) is 0 Å². The Bertz CT molecular complexity index is 442. The van der Waals surface area contributed by atoms with Crippen molar-refractivity contribution in [3.63, 3.8) is 0 Å². The molecule has 0 atom stereocenters. The molecular formula is C15H23N3O2. The van der Waals surface area contributed by atoms with Gasteiger partial charge < -0.3 is 15.0 Å². The molecule has 0 radical (unpaired) electrons. The van der Waals surface area contributed by atoms with Crippen LogP contribution in [0, 0.1) is 5.92 Å². The third kappa shape index (κ3) is 4.20. The summed E-state index contributed by atoms with van der Waals surface area (Å²) in [4.78, 5) is 18.4. The van der Waals surface area contributed by atoms with Crippen molar-refractivity contribution in [2.45, 2.75) is 20.3 Å². The number of carbonyl (C=O) groups excluding carboxylic acids is 1. The minimum Gasteiger partial charge on any atom is -0.378 e. The predicted octanol–water partition coefficient (Wildman–Crippen LogP) is 1.69. The first-order chi connectivity index (χ1) is 9.66. The summed E-state index contributed by atoms with van der Waals surface area (Å²) in [7, 11) is 0. The Morgan fingerprint density at radius 2 is 2.20 bits per heavy atom. The fourth-order valence-electron chi connectivity index (χ4n) is 2.13. The van der Waals surface area contributed by atoms with Crippen LogP contribution in [0.15, 0.2) is 18.3 Å². The highest BCUT2D eigenvalue weighted by Crippen LogP contribution is 2.16. The number of ether oxygens (including phenoxy) is 1. The normalized spacial score (nSPS) is 15.4. The lowest BCUT2D eigenvalue weighted by molar-refractivity contribution is 0.0947. The number of hydrogen-bond acceptors (Lipinski definition) is 4. The Balaban J connectivity index is 1.96. The van der Waals surface area contributed by atoms with Crippen LogP contribution in [0.2, 0.25) is 0 Å². The van der Waals surface area contributed by atoms with Crippen LogP contribution in [0.3, 0.4) is 0 Å². The summed E-state index contributed by atoms with van der Waals surface area (Å²) < 4.78 is 5.34. The molecule has 2 rings (SSSR count). The Morgan fingerprint density at radius 3 is 2.90 bits per heavy atom. The van der Waals surface area contributed by atoms with Gasteiger partial charge in [0.25, 0.3) is 5.91 Å². The molecule has 0 spiro atoms. The average molecular weight is 277 g/mol. The summed E-state index contributed by atoms with van der Waals surface area (Å²) in [6.45, 7) is 8.17. The molecule has 0 bridgehead atoms. The molecular weight excluding hydrogens is 254 g/mol. The lowest BCUT2D eigenvalue weighted by Crippen LogP contribution is -2.36. The fraction of sp³-hybridized carbons (Fsp3) is 0.600. The summed E-state index contributed by atoms with van der Waals surface area (Å²) in [5.41, 5.74) is 1.52. The largest absolute Gasteiger partial charge is 0.378 e. The van der Waals surface area contributed by atoms with Crippen molar-refractivity contribution in [2.24, 2.45) is 5.92 Å². The van der Waals surface area contributed by atoms with Gasteiger partial charge in [0, 0.05) is 31.5 Å². The number of hydrogen-bond donors (Lipinski definition) is 1. The van der Waals surface area contributed by atoms with Crippen molar-refractivity contribution in [3.05, 3.63) is 24.0 Å². The Labute approximate surface area is 120 Å². The van der Waals surface area contributed by atoms with E-state index in [9.17, 15) is 4.79 Å². The van der Waals surface area contributed by atoms with Gasteiger partial charge in [-0.3, -0.25) is 9.78 Å². The third-order valence-corrected chi connectivity index (χ3v) is 3.36. The molecule has 0 aliphatic carbocycles. The van der Waals surface area contributed by atoms with Crippen LogP contribution in [0.5, 0.6) is 0 Å². The molecule has 0 saturated carbocycles. The molecule has 1 aromatic rings. The lowest BCUT2D eigenvalue weighted by Gasteiger charge is -2.28. The quantitative estimate of drug-likeness (QED) is 0.890. The zero-order valence-corrected chi connectivity index (χ0v) is 12.3. The second kappa shape index (κ2) is 7.24. The monoisotopic (exact) mass is 277 g/mol. The molecule has 1 fully saturated rings. The average Bonchev–Trinajstić information content (AvgIpc) is 2.48. The van der Waals surface area contributed by atoms with Crippen molar-refractivity contribution in [1.82, 2.24) is 10.3 Å². The van der Waals surface area contributed by atoms with E-state index in [0.29, 0.717) is 18.2 Å². The summed E-state index contributed by atoms with van der Waals surface area (Å²) >= 11 is 0. The number of anilines is 1. The molecule has 1 aromatic heterocycles. The van der Waals surface area contributed by atoms with Crippen LogP contribution < -0.4 is 10.2 Å². The topological polar surface area (TPSA) is 54.5 Å². The molecule has 20 heavy (non-hydrogen) atoms. The SMILES string of the molecule is CC(C)CCNC(=O)c1cc(N2CCOCC2)ccn1. The van der Waals surface area contributed by atoms with Crippen molar-refractivity contribution in [3.8, 4) is 0 Å². The number of rotatable bonds is 5. The first kappa shape index (κ1) is 14.8. The highest BCUT2D eigenvalue weighted by atomic mass is 16.5. The molecule has 110 valence electrons. The number of nitrogens with zero attached hydrogens (tertiary/aromatic N) is 2. The van der Waals surface area contributed by atoms with E-state index in [-0.39, 0.29) is 5.91 Å². The molecule has 0 aromatic carbocycles. The summed E-state index contributed by atoms with van der Waals surface area (Å²) in [6.07, 6.45) is 2.68. The van der Waals surface area contributed by atoms with E-state index in [1.165, 1.54) is 0 Å². The van der Waals surface area contributed by atoms with Gasteiger partial charge in [0.15, 0.2) is 0 Å². The van der Waals surface area contributed by atoms with Crippen LogP contribution in [0.1, 0.15) is 30.8 Å². The number of aromatic nitrogens is 1. The smallest absolute Gasteiger partial charge is 0.269 e. The van der Waals surface area contributed by atoms with E-state index >= 15 is 0 Å². The van der Waals surface area contributed by atoms with E-state index in [4.69, 9.17) is 4.74 Å². The number of amides is 1. The number of carbonyl (C=O) groups is 1. The molecule has 2 heterocycles. The van der Waals surface area contributed by atoms with Gasteiger partial charge in [0.05, 0.1) is 13.2 Å². The maximum absolute atomic E-state index is 12.0. The van der Waals surface area contributed by atoms with Gasteiger partial charge in [-0.1, -0.05) is 13.8 Å². The van der Waals surface area contributed by atoms with Gasteiger partial charge in [0.1, 0.15) is 5.69 Å². The summed E-state index contributed by atoms with van der Waals surface area (Å²) in [6, 6.07) is 3.80. The molecule has 1 N–H and O–H groups in total. The van der Waals surface area contributed by atoms with Gasteiger partial charge in [-0.15, -0.1) is 0 Å². The third-order valence-electron chi connectivity index (χ3n) is 3.36. The van der Waals surface area contributed by atoms with Gasteiger partial charge in [-0.05, 0) is 24.5 Å². The van der Waals surface area contributed by atoms with Crippen molar-refractivity contribution >= 4 is 11.6 Å². The van der Waals surface area contributed by atoms with Gasteiger partial charge in [-0.2, -0.15) is 0 Å². The fourth-order valence-corrected chi connectivity index (χ4v) is 2.13. The van der Waals surface area contributed by atoms with Gasteiger partial charge in [-0.25, -0.2) is 0 Å².